The number of carbonyl (C=O) groups is 1. The Morgan fingerprint density at radius 3 is 2.73 bits per heavy atom. The van der Waals surface area contributed by atoms with Crippen molar-refractivity contribution in [2.75, 3.05) is 11.1 Å². The van der Waals surface area contributed by atoms with Gasteiger partial charge in [-0.25, -0.2) is 4.98 Å². The first-order chi connectivity index (χ1) is 12.6. The lowest BCUT2D eigenvalue weighted by Crippen LogP contribution is -2.18. The summed E-state index contributed by atoms with van der Waals surface area (Å²) < 4.78 is 0. The van der Waals surface area contributed by atoms with E-state index in [-0.39, 0.29) is 24.6 Å². The fraction of sp³-hybridized carbons (Fsp3) is 0.294. The Morgan fingerprint density at radius 1 is 1.27 bits per heavy atom. The number of rotatable bonds is 3. The molecular formula is C17H20N6O3. The highest BCUT2D eigenvalue weighted by atomic mass is 16.3. The van der Waals surface area contributed by atoms with E-state index >= 15 is 0 Å². The largest absolute Gasteiger partial charge is 0.483 e. The monoisotopic (exact) mass is 356 g/mol. The lowest BCUT2D eigenvalue weighted by molar-refractivity contribution is -0.122. The van der Waals surface area contributed by atoms with Crippen LogP contribution >= 0.6 is 0 Å². The van der Waals surface area contributed by atoms with Gasteiger partial charge in [-0.05, 0) is 37.5 Å². The van der Waals surface area contributed by atoms with Gasteiger partial charge in [0.25, 0.3) is 6.47 Å². The molecule has 4 rings (SSSR count). The van der Waals surface area contributed by atoms with Crippen molar-refractivity contribution in [1.29, 1.82) is 0 Å². The maximum Gasteiger partial charge on any atom is 0.290 e. The highest BCUT2D eigenvalue weighted by molar-refractivity contribution is 5.92. The van der Waals surface area contributed by atoms with E-state index in [0.29, 0.717) is 0 Å². The molecule has 2 aromatic heterocycles. The molecule has 1 aliphatic rings. The normalized spacial score (nSPS) is 19.0. The van der Waals surface area contributed by atoms with Crippen molar-refractivity contribution in [2.24, 2.45) is 0 Å². The molecule has 0 bridgehead atoms. The zero-order chi connectivity index (χ0) is 18.5. The van der Waals surface area contributed by atoms with E-state index in [1.54, 1.807) is 6.20 Å². The zero-order valence-electron chi connectivity index (χ0n) is 14.0. The topological polar surface area (TPSA) is 150 Å². The number of nitrogen functional groups attached to an aromatic ring is 1. The molecule has 0 saturated heterocycles. The summed E-state index contributed by atoms with van der Waals surface area (Å²) in [4.78, 5) is 17.0. The van der Waals surface area contributed by atoms with Gasteiger partial charge in [-0.15, -0.1) is 0 Å². The minimum Gasteiger partial charge on any atom is -0.483 e. The summed E-state index contributed by atoms with van der Waals surface area (Å²) in [7, 11) is 0. The van der Waals surface area contributed by atoms with Gasteiger partial charge < -0.3 is 21.3 Å². The first-order valence-electron chi connectivity index (χ1n) is 8.20. The van der Waals surface area contributed by atoms with Gasteiger partial charge >= 0.3 is 0 Å². The number of anilines is 2. The summed E-state index contributed by atoms with van der Waals surface area (Å²) in [6.07, 6.45) is 3.97. The van der Waals surface area contributed by atoms with Crippen LogP contribution in [0.3, 0.4) is 0 Å². The van der Waals surface area contributed by atoms with Crippen LogP contribution in [0.25, 0.3) is 22.2 Å². The van der Waals surface area contributed by atoms with Gasteiger partial charge in [0.05, 0.1) is 17.3 Å². The van der Waals surface area contributed by atoms with Gasteiger partial charge in [0, 0.05) is 23.2 Å². The number of benzene rings is 1. The summed E-state index contributed by atoms with van der Waals surface area (Å²) in [6, 6.07) is 8.08. The summed E-state index contributed by atoms with van der Waals surface area (Å²) in [5, 5.41) is 27.8. The Balaban J connectivity index is 0.000000613. The van der Waals surface area contributed by atoms with Crippen LogP contribution in [-0.2, 0) is 4.79 Å². The van der Waals surface area contributed by atoms with E-state index < -0.39 is 0 Å². The van der Waals surface area contributed by atoms with Crippen LogP contribution < -0.4 is 11.1 Å². The van der Waals surface area contributed by atoms with E-state index in [2.05, 4.69) is 25.5 Å². The van der Waals surface area contributed by atoms with E-state index in [9.17, 15) is 5.11 Å². The van der Waals surface area contributed by atoms with Crippen LogP contribution in [0, 0.1) is 0 Å². The average Bonchev–Trinajstić information content (AvgIpc) is 3.27. The fourth-order valence-electron chi connectivity index (χ4n) is 3.12. The second-order valence-corrected chi connectivity index (χ2v) is 6.05. The number of nitrogens with two attached hydrogens (primary N) is 1. The predicted molar refractivity (Wildman–Crippen MR) is 97.5 cm³/mol. The number of aliphatic hydroxyl groups is 1. The molecule has 9 heteroatoms. The SMILES string of the molecule is Nc1nc(N[C@@H]2CC[C@@H](O)C2)c2ccc(-c3ccn[nH]3)cc2n1.O=CO. The molecule has 0 amide bonds. The van der Waals surface area contributed by atoms with Crippen LogP contribution in [0.5, 0.6) is 0 Å². The third-order valence-corrected chi connectivity index (χ3v) is 4.27. The van der Waals surface area contributed by atoms with Crippen molar-refractivity contribution >= 4 is 29.1 Å². The Kier molecular flexibility index (Phi) is 5.28. The molecule has 2 heterocycles. The van der Waals surface area contributed by atoms with Gasteiger partial charge in [-0.3, -0.25) is 9.89 Å². The number of fused-ring (bicyclic) bond motifs is 1. The highest BCUT2D eigenvalue weighted by Gasteiger charge is 2.23. The Labute approximate surface area is 149 Å². The molecule has 3 aromatic rings. The third-order valence-electron chi connectivity index (χ3n) is 4.27. The van der Waals surface area contributed by atoms with E-state index in [1.165, 1.54) is 0 Å². The molecule has 1 aliphatic carbocycles. The van der Waals surface area contributed by atoms with E-state index in [4.69, 9.17) is 15.6 Å². The Bertz CT molecular complexity index is 884. The van der Waals surface area contributed by atoms with Gasteiger partial charge in [0.2, 0.25) is 5.95 Å². The van der Waals surface area contributed by atoms with E-state index in [1.807, 2.05) is 24.3 Å². The van der Waals surface area contributed by atoms with Crippen molar-refractivity contribution in [1.82, 2.24) is 20.2 Å². The van der Waals surface area contributed by atoms with Gasteiger partial charge in [0.15, 0.2) is 0 Å². The molecule has 1 aromatic carbocycles. The third kappa shape index (κ3) is 3.89. The lowest BCUT2D eigenvalue weighted by atomic mass is 10.1. The molecule has 0 aliphatic heterocycles. The van der Waals surface area contributed by atoms with Gasteiger partial charge in [0.1, 0.15) is 5.82 Å². The number of carboxylic acid groups (broad SMARTS) is 1. The minimum atomic E-state index is -0.250. The molecule has 1 saturated carbocycles. The highest BCUT2D eigenvalue weighted by Crippen LogP contribution is 2.29. The van der Waals surface area contributed by atoms with Crippen LogP contribution in [-0.4, -0.2) is 49.0 Å². The van der Waals surface area contributed by atoms with Crippen molar-refractivity contribution in [3.63, 3.8) is 0 Å². The van der Waals surface area contributed by atoms with Crippen LogP contribution in [0.15, 0.2) is 30.5 Å². The number of aromatic nitrogens is 4. The first kappa shape index (κ1) is 17.6. The predicted octanol–water partition coefficient (Wildman–Crippen LogP) is 1.63. The fourth-order valence-corrected chi connectivity index (χ4v) is 3.12. The second-order valence-electron chi connectivity index (χ2n) is 6.05. The molecule has 26 heavy (non-hydrogen) atoms. The number of aromatic amines is 1. The maximum absolute atomic E-state index is 9.68. The van der Waals surface area contributed by atoms with Gasteiger partial charge in [-0.1, -0.05) is 6.07 Å². The lowest BCUT2D eigenvalue weighted by Gasteiger charge is -2.15. The van der Waals surface area contributed by atoms with Gasteiger partial charge in [-0.2, -0.15) is 10.1 Å². The molecule has 0 radical (unpaired) electrons. The molecule has 2 atom stereocenters. The molecule has 1 fully saturated rings. The molecule has 6 N–H and O–H groups in total. The van der Waals surface area contributed by atoms with Crippen LogP contribution in [0.2, 0.25) is 0 Å². The van der Waals surface area contributed by atoms with Crippen molar-refractivity contribution < 1.29 is 15.0 Å². The van der Waals surface area contributed by atoms with E-state index in [0.717, 1.165) is 47.2 Å². The number of H-pyrrole nitrogens is 1. The molecule has 0 unspecified atom stereocenters. The number of hydrogen-bond donors (Lipinski definition) is 5. The van der Waals surface area contributed by atoms with Crippen LogP contribution in [0.4, 0.5) is 11.8 Å². The average molecular weight is 356 g/mol. The smallest absolute Gasteiger partial charge is 0.290 e. The second kappa shape index (κ2) is 7.79. The van der Waals surface area contributed by atoms with Crippen molar-refractivity contribution in [3.8, 4) is 11.3 Å². The molecular weight excluding hydrogens is 336 g/mol. The number of nitrogens with zero attached hydrogens (tertiary/aromatic N) is 3. The number of aliphatic hydroxyl groups excluding tert-OH is 1. The Hall–Kier alpha value is -3.20. The maximum atomic E-state index is 9.68. The summed E-state index contributed by atoms with van der Waals surface area (Å²) in [5.74, 6) is 0.961. The van der Waals surface area contributed by atoms with Crippen LogP contribution in [0.1, 0.15) is 19.3 Å². The summed E-state index contributed by atoms with van der Waals surface area (Å²) >= 11 is 0. The molecule has 136 valence electrons. The summed E-state index contributed by atoms with van der Waals surface area (Å²) in [6.45, 7) is -0.250. The van der Waals surface area contributed by atoms with Crippen molar-refractivity contribution in [2.45, 2.75) is 31.4 Å². The Morgan fingerprint density at radius 2 is 2.08 bits per heavy atom. The number of nitrogens with one attached hydrogen (secondary N) is 2. The standard InChI is InChI=1S/C16H18N6O.CH2O2/c17-16-20-14-7-9(13-5-6-18-22-13)1-4-12(14)15(21-16)19-10-2-3-11(23)8-10;2-1-3/h1,4-7,10-11,23H,2-3,8H2,(H,18,22)(H3,17,19,20,21);1H,(H,2,3)/t10-,11-;/m1./s1. The zero-order valence-corrected chi connectivity index (χ0v) is 14.0. The summed E-state index contributed by atoms with van der Waals surface area (Å²) in [5.41, 5.74) is 8.57. The van der Waals surface area contributed by atoms with Crippen molar-refractivity contribution in [3.05, 3.63) is 30.5 Å². The minimum absolute atomic E-state index is 0.217. The quantitative estimate of drug-likeness (QED) is 0.444. The number of hydrogen-bond acceptors (Lipinski definition) is 7. The molecule has 9 nitrogen and oxygen atoms in total. The first-order valence-corrected chi connectivity index (χ1v) is 8.20. The molecule has 0 spiro atoms.